The number of hydrogen-bond acceptors (Lipinski definition) is 8. The summed E-state index contributed by atoms with van der Waals surface area (Å²) in [5, 5.41) is 15.2. The average molecular weight is 495 g/mol. The molecule has 35 heavy (non-hydrogen) atoms. The smallest absolute Gasteiger partial charge is 0.327 e. The van der Waals surface area contributed by atoms with Gasteiger partial charge in [-0.25, -0.2) is 4.68 Å². The number of aromatic amines is 1. The van der Waals surface area contributed by atoms with Crippen LogP contribution >= 0.6 is 11.3 Å². The average Bonchev–Trinajstić information content (AvgIpc) is 3.48. The minimum absolute atomic E-state index is 0.0609. The highest BCUT2D eigenvalue weighted by molar-refractivity contribution is 7.09. The van der Waals surface area contributed by atoms with Crippen LogP contribution < -0.4 is 5.56 Å². The number of thiophene rings is 1. The number of pyridine rings is 1. The van der Waals surface area contributed by atoms with Gasteiger partial charge in [0.1, 0.15) is 6.54 Å². The van der Waals surface area contributed by atoms with Gasteiger partial charge in [0.05, 0.1) is 12.6 Å². The molecule has 0 aliphatic heterocycles. The van der Waals surface area contributed by atoms with Crippen molar-refractivity contribution in [2.75, 3.05) is 6.61 Å². The standard InChI is InChI=1S/C25H30N6O3S/c1-5-22(24-27-28-29-31(24)15-23(32)34-6-2)30(14-19-8-7-9-35-19)13-18-12-20-17(4)10-16(3)11-21(20)26-25(18)33/h7-12,22H,5-6,13-15H2,1-4H3,(H,26,33)/t22-/m0/s1. The number of rotatable bonds is 10. The van der Waals surface area contributed by atoms with Gasteiger partial charge in [-0.15, -0.1) is 16.4 Å². The maximum atomic E-state index is 13.1. The van der Waals surface area contributed by atoms with E-state index in [9.17, 15) is 9.59 Å². The Bertz CT molecular complexity index is 1360. The summed E-state index contributed by atoms with van der Waals surface area (Å²) in [7, 11) is 0. The number of ether oxygens (including phenoxy) is 1. The molecule has 3 heterocycles. The molecule has 9 nitrogen and oxygen atoms in total. The van der Waals surface area contributed by atoms with Gasteiger partial charge in [-0.2, -0.15) is 0 Å². The molecule has 0 fully saturated rings. The first-order valence-electron chi connectivity index (χ1n) is 11.7. The van der Waals surface area contributed by atoms with Gasteiger partial charge in [-0.1, -0.05) is 19.1 Å². The Labute approximate surface area is 207 Å². The molecule has 4 rings (SSSR count). The van der Waals surface area contributed by atoms with E-state index in [1.165, 1.54) is 4.68 Å². The molecule has 0 unspecified atom stereocenters. The molecule has 0 saturated heterocycles. The lowest BCUT2D eigenvalue weighted by Gasteiger charge is -2.29. The minimum Gasteiger partial charge on any atom is -0.465 e. The summed E-state index contributed by atoms with van der Waals surface area (Å²) < 4.78 is 6.58. The van der Waals surface area contributed by atoms with Crippen molar-refractivity contribution in [3.8, 4) is 0 Å². The normalized spacial score (nSPS) is 12.4. The second-order valence-corrected chi connectivity index (χ2v) is 9.61. The molecule has 0 aliphatic rings. The van der Waals surface area contributed by atoms with Crippen LogP contribution in [0, 0.1) is 13.8 Å². The fraction of sp³-hybridized carbons (Fsp3) is 0.400. The van der Waals surface area contributed by atoms with Gasteiger partial charge >= 0.3 is 5.97 Å². The van der Waals surface area contributed by atoms with Crippen LogP contribution in [-0.4, -0.2) is 42.7 Å². The second-order valence-electron chi connectivity index (χ2n) is 8.57. The maximum Gasteiger partial charge on any atom is 0.327 e. The number of esters is 1. The zero-order valence-corrected chi connectivity index (χ0v) is 21.3. The van der Waals surface area contributed by atoms with Crippen molar-refractivity contribution in [3.05, 3.63) is 73.5 Å². The van der Waals surface area contributed by atoms with E-state index >= 15 is 0 Å². The lowest BCUT2D eigenvalue weighted by atomic mass is 10.0. The maximum absolute atomic E-state index is 13.1. The number of carbonyl (C=O) groups excluding carboxylic acids is 1. The van der Waals surface area contributed by atoms with Crippen LogP contribution in [0.3, 0.4) is 0 Å². The number of fused-ring (bicyclic) bond motifs is 1. The van der Waals surface area contributed by atoms with Crippen molar-refractivity contribution in [2.24, 2.45) is 0 Å². The molecule has 0 aliphatic carbocycles. The van der Waals surface area contributed by atoms with E-state index in [0.717, 1.165) is 26.9 Å². The highest BCUT2D eigenvalue weighted by Crippen LogP contribution is 2.28. The highest BCUT2D eigenvalue weighted by Gasteiger charge is 2.27. The number of tetrazole rings is 1. The third kappa shape index (κ3) is 5.66. The van der Waals surface area contributed by atoms with Gasteiger partial charge in [-0.05, 0) is 72.3 Å². The summed E-state index contributed by atoms with van der Waals surface area (Å²) in [6, 6.07) is 9.97. The molecule has 0 radical (unpaired) electrons. The van der Waals surface area contributed by atoms with E-state index in [1.807, 2.05) is 37.4 Å². The Morgan fingerprint density at radius 2 is 2.06 bits per heavy atom. The first-order valence-corrected chi connectivity index (χ1v) is 12.6. The summed E-state index contributed by atoms with van der Waals surface area (Å²) in [5.74, 6) is 0.179. The fourth-order valence-electron chi connectivity index (χ4n) is 4.43. The molecule has 10 heteroatoms. The van der Waals surface area contributed by atoms with Crippen LogP contribution in [0.2, 0.25) is 0 Å². The Balaban J connectivity index is 1.71. The van der Waals surface area contributed by atoms with Crippen molar-refractivity contribution >= 4 is 28.2 Å². The predicted molar refractivity (Wildman–Crippen MR) is 135 cm³/mol. The molecule has 3 aromatic heterocycles. The molecular formula is C25H30N6O3S. The first kappa shape index (κ1) is 24.7. The lowest BCUT2D eigenvalue weighted by Crippen LogP contribution is -2.32. The number of H-pyrrole nitrogens is 1. The van der Waals surface area contributed by atoms with Gasteiger partial charge in [-0.3, -0.25) is 14.5 Å². The molecule has 1 atom stereocenters. The van der Waals surface area contributed by atoms with Gasteiger partial charge in [0.15, 0.2) is 5.82 Å². The molecule has 0 bridgehead atoms. The van der Waals surface area contributed by atoms with Crippen LogP contribution in [0.25, 0.3) is 10.9 Å². The van der Waals surface area contributed by atoms with Gasteiger partial charge in [0.25, 0.3) is 5.56 Å². The van der Waals surface area contributed by atoms with E-state index in [4.69, 9.17) is 4.74 Å². The van der Waals surface area contributed by atoms with E-state index in [-0.39, 0.29) is 18.1 Å². The van der Waals surface area contributed by atoms with Crippen molar-refractivity contribution in [3.63, 3.8) is 0 Å². The van der Waals surface area contributed by atoms with Gasteiger partial charge < -0.3 is 9.72 Å². The number of carbonyl (C=O) groups is 1. The van der Waals surface area contributed by atoms with E-state index < -0.39 is 5.97 Å². The van der Waals surface area contributed by atoms with Crippen molar-refractivity contribution in [2.45, 2.75) is 59.8 Å². The number of benzene rings is 1. The summed E-state index contributed by atoms with van der Waals surface area (Å²) in [5.41, 5.74) is 3.62. The fourth-order valence-corrected chi connectivity index (χ4v) is 5.16. The quantitative estimate of drug-likeness (QED) is 0.333. The summed E-state index contributed by atoms with van der Waals surface area (Å²) in [6.45, 7) is 9.14. The predicted octanol–water partition coefficient (Wildman–Crippen LogP) is 3.91. The third-order valence-corrected chi connectivity index (χ3v) is 6.83. The SMILES string of the molecule is CCOC(=O)Cn1nnnc1[C@H](CC)N(Cc1cccs1)Cc1cc2c(C)cc(C)cc2[nH]c1=O. The Hall–Kier alpha value is -3.37. The van der Waals surface area contributed by atoms with Crippen molar-refractivity contribution in [1.29, 1.82) is 0 Å². The minimum atomic E-state index is -0.391. The van der Waals surface area contributed by atoms with E-state index in [2.05, 4.69) is 44.5 Å². The molecule has 0 amide bonds. The van der Waals surface area contributed by atoms with E-state index in [1.54, 1.807) is 18.3 Å². The van der Waals surface area contributed by atoms with Gasteiger partial charge in [0.2, 0.25) is 0 Å². The molecular weight excluding hydrogens is 464 g/mol. The third-order valence-electron chi connectivity index (χ3n) is 5.97. The number of nitrogens with one attached hydrogen (secondary N) is 1. The van der Waals surface area contributed by atoms with Crippen LogP contribution in [0.4, 0.5) is 0 Å². The molecule has 184 valence electrons. The molecule has 0 spiro atoms. The monoisotopic (exact) mass is 494 g/mol. The highest BCUT2D eigenvalue weighted by atomic mass is 32.1. The molecule has 1 aromatic carbocycles. The molecule has 0 saturated carbocycles. The number of nitrogens with zero attached hydrogens (tertiary/aromatic N) is 5. The van der Waals surface area contributed by atoms with Crippen LogP contribution in [0.1, 0.15) is 53.7 Å². The number of aryl methyl sites for hydroxylation is 2. The Morgan fingerprint density at radius 1 is 1.23 bits per heavy atom. The zero-order valence-electron chi connectivity index (χ0n) is 20.4. The summed E-state index contributed by atoms with van der Waals surface area (Å²) in [6.07, 6.45) is 0.693. The largest absolute Gasteiger partial charge is 0.465 e. The van der Waals surface area contributed by atoms with Crippen molar-refractivity contribution in [1.82, 2.24) is 30.1 Å². The van der Waals surface area contributed by atoms with E-state index in [0.29, 0.717) is 37.5 Å². The molecule has 4 aromatic rings. The van der Waals surface area contributed by atoms with Crippen LogP contribution in [0.15, 0.2) is 40.5 Å². The lowest BCUT2D eigenvalue weighted by molar-refractivity contribution is -0.144. The van der Waals surface area contributed by atoms with Crippen LogP contribution in [0.5, 0.6) is 0 Å². The first-order chi connectivity index (χ1) is 16.9. The summed E-state index contributed by atoms with van der Waals surface area (Å²) in [4.78, 5) is 31.6. The van der Waals surface area contributed by atoms with Gasteiger partial charge in [0, 0.05) is 34.4 Å². The topological polar surface area (TPSA) is 106 Å². The van der Waals surface area contributed by atoms with Crippen molar-refractivity contribution < 1.29 is 9.53 Å². The zero-order chi connectivity index (χ0) is 24.9. The molecule has 1 N–H and O–H groups in total. The Morgan fingerprint density at radius 3 is 2.77 bits per heavy atom. The second kappa shape index (κ2) is 10.9. The Kier molecular flexibility index (Phi) is 7.72. The summed E-state index contributed by atoms with van der Waals surface area (Å²) >= 11 is 1.66. The number of hydrogen-bond donors (Lipinski definition) is 1. The number of aromatic nitrogens is 5. The van der Waals surface area contributed by atoms with Crippen LogP contribution in [-0.2, 0) is 29.2 Å².